The van der Waals surface area contributed by atoms with Gasteiger partial charge in [0.05, 0.1) is 30.7 Å². The van der Waals surface area contributed by atoms with E-state index >= 15 is 0 Å². The molecule has 0 bridgehead atoms. The van der Waals surface area contributed by atoms with Crippen LogP contribution in [0.15, 0.2) is 28.9 Å². The van der Waals surface area contributed by atoms with Gasteiger partial charge in [-0.15, -0.1) is 11.8 Å². The van der Waals surface area contributed by atoms with Crippen molar-refractivity contribution in [2.75, 3.05) is 33.1 Å². The summed E-state index contributed by atoms with van der Waals surface area (Å²) in [6.07, 6.45) is 8.29. The number of benzene rings is 1. The molecule has 31 heavy (non-hydrogen) atoms. The number of hydrogen-bond acceptors (Lipinski definition) is 6. The maximum absolute atomic E-state index is 12.3. The van der Waals surface area contributed by atoms with Crippen molar-refractivity contribution in [2.24, 2.45) is 10.4 Å². The van der Waals surface area contributed by atoms with Gasteiger partial charge in [0.2, 0.25) is 0 Å². The van der Waals surface area contributed by atoms with Gasteiger partial charge in [-0.1, -0.05) is 32.6 Å². The van der Waals surface area contributed by atoms with Crippen molar-refractivity contribution < 1.29 is 19.4 Å². The van der Waals surface area contributed by atoms with E-state index < -0.39 is 11.4 Å². The number of carboxylic acids is 1. The van der Waals surface area contributed by atoms with Gasteiger partial charge in [0.25, 0.3) is 0 Å². The number of rotatable bonds is 9. The molecule has 4 rings (SSSR count). The van der Waals surface area contributed by atoms with Crippen LogP contribution in [-0.2, 0) is 11.2 Å². The maximum atomic E-state index is 12.3. The molecule has 0 spiro atoms. The van der Waals surface area contributed by atoms with Crippen molar-refractivity contribution in [3.63, 3.8) is 0 Å². The summed E-state index contributed by atoms with van der Waals surface area (Å²) in [6, 6.07) is 4.05. The van der Waals surface area contributed by atoms with Crippen LogP contribution in [0.4, 0.5) is 0 Å². The van der Waals surface area contributed by atoms with Crippen molar-refractivity contribution in [1.82, 2.24) is 4.90 Å². The minimum Gasteiger partial charge on any atom is -0.493 e. The van der Waals surface area contributed by atoms with Crippen molar-refractivity contribution in [1.29, 1.82) is 0 Å². The highest BCUT2D eigenvalue weighted by atomic mass is 32.2. The number of nitrogens with zero attached hydrogens (tertiary/aromatic N) is 2. The molecule has 0 fully saturated rings. The molecule has 6 nitrogen and oxygen atoms in total. The minimum absolute atomic E-state index is 0.0758. The number of unbranched alkanes of at least 4 members (excludes halogenated alkanes) is 3. The van der Waals surface area contributed by atoms with Gasteiger partial charge in [-0.2, -0.15) is 0 Å². The van der Waals surface area contributed by atoms with E-state index in [-0.39, 0.29) is 6.04 Å². The molecule has 7 heteroatoms. The number of ether oxygens (including phenoxy) is 2. The Morgan fingerprint density at radius 3 is 2.68 bits per heavy atom. The van der Waals surface area contributed by atoms with E-state index in [1.54, 1.807) is 26.0 Å². The molecule has 0 radical (unpaired) electrons. The lowest BCUT2D eigenvalue weighted by Crippen LogP contribution is -2.42. The fourth-order valence-electron chi connectivity index (χ4n) is 5.31. The lowest BCUT2D eigenvalue weighted by molar-refractivity contribution is -0.134. The third-order valence-electron chi connectivity index (χ3n) is 6.71. The average Bonchev–Trinajstić information content (AvgIpc) is 3.43. The van der Waals surface area contributed by atoms with E-state index in [4.69, 9.17) is 14.5 Å². The zero-order chi connectivity index (χ0) is 22.0. The Balaban J connectivity index is 1.85. The van der Waals surface area contributed by atoms with E-state index in [1.807, 2.05) is 6.08 Å². The Hall–Kier alpha value is -2.15. The molecule has 3 aliphatic rings. The SMILES string of the molecule is CCCCCCC1(C2=NCCS2)C=C(C(=O)O)N2CCc3cc(OC)c(OC)cc3C21. The van der Waals surface area contributed by atoms with Gasteiger partial charge in [-0.05, 0) is 42.2 Å². The number of hydrogen-bond donors (Lipinski definition) is 1. The van der Waals surface area contributed by atoms with Crippen LogP contribution >= 0.6 is 11.8 Å². The number of fused-ring (bicyclic) bond motifs is 3. The van der Waals surface area contributed by atoms with Gasteiger partial charge in [-0.25, -0.2) is 4.79 Å². The molecule has 0 amide bonds. The molecule has 0 aromatic heterocycles. The molecule has 168 valence electrons. The minimum atomic E-state index is -0.854. The van der Waals surface area contributed by atoms with Crippen molar-refractivity contribution in [3.8, 4) is 11.5 Å². The normalized spacial score (nSPS) is 24.4. The molecule has 0 saturated carbocycles. The van der Waals surface area contributed by atoms with E-state index in [9.17, 15) is 9.90 Å². The lowest BCUT2D eigenvalue weighted by Gasteiger charge is -2.43. The summed E-state index contributed by atoms with van der Waals surface area (Å²) >= 11 is 1.79. The molecule has 1 aromatic carbocycles. The van der Waals surface area contributed by atoms with Gasteiger partial charge >= 0.3 is 5.97 Å². The summed E-state index contributed by atoms with van der Waals surface area (Å²) in [4.78, 5) is 19.2. The highest BCUT2D eigenvalue weighted by Gasteiger charge is 2.54. The van der Waals surface area contributed by atoms with Gasteiger partial charge in [0.15, 0.2) is 11.5 Å². The van der Waals surface area contributed by atoms with Gasteiger partial charge in [0, 0.05) is 18.8 Å². The zero-order valence-electron chi connectivity index (χ0n) is 18.6. The largest absolute Gasteiger partial charge is 0.493 e. The summed E-state index contributed by atoms with van der Waals surface area (Å²) in [7, 11) is 3.30. The molecule has 1 aromatic rings. The topological polar surface area (TPSA) is 71.4 Å². The number of methoxy groups -OCH3 is 2. The Labute approximate surface area is 188 Å². The highest BCUT2D eigenvalue weighted by molar-refractivity contribution is 8.14. The first-order valence-corrected chi connectivity index (χ1v) is 12.2. The molecule has 1 N–H and O–H groups in total. The van der Waals surface area contributed by atoms with Crippen molar-refractivity contribution >= 4 is 22.8 Å². The number of carbonyl (C=O) groups is 1. The van der Waals surface area contributed by atoms with Gasteiger partial charge in [0.1, 0.15) is 5.70 Å². The van der Waals surface area contributed by atoms with Crippen LogP contribution in [0, 0.1) is 5.41 Å². The fraction of sp³-hybridized carbons (Fsp3) is 0.583. The Bertz CT molecular complexity index is 913. The molecule has 2 unspecified atom stereocenters. The lowest BCUT2D eigenvalue weighted by atomic mass is 9.72. The summed E-state index contributed by atoms with van der Waals surface area (Å²) < 4.78 is 11.2. The van der Waals surface area contributed by atoms with Crippen LogP contribution in [0.2, 0.25) is 0 Å². The molecule has 2 atom stereocenters. The van der Waals surface area contributed by atoms with E-state index in [0.29, 0.717) is 18.0 Å². The molecular weight excluding hydrogens is 412 g/mol. The maximum Gasteiger partial charge on any atom is 0.351 e. The zero-order valence-corrected chi connectivity index (χ0v) is 19.5. The number of aliphatic imine (C=N–C) groups is 1. The summed E-state index contributed by atoms with van der Waals surface area (Å²) in [5.74, 6) is 1.52. The third-order valence-corrected chi connectivity index (χ3v) is 7.88. The second-order valence-electron chi connectivity index (χ2n) is 8.47. The van der Waals surface area contributed by atoms with E-state index in [0.717, 1.165) is 54.3 Å². The quantitative estimate of drug-likeness (QED) is 0.557. The third kappa shape index (κ3) is 3.81. The first-order chi connectivity index (χ1) is 15.1. The second kappa shape index (κ2) is 9.15. The average molecular weight is 445 g/mol. The van der Waals surface area contributed by atoms with Crippen molar-refractivity contribution in [2.45, 2.75) is 51.5 Å². The fourth-order valence-corrected chi connectivity index (χ4v) is 6.41. The van der Waals surface area contributed by atoms with Gasteiger partial charge < -0.3 is 19.5 Å². The van der Waals surface area contributed by atoms with Crippen LogP contribution < -0.4 is 9.47 Å². The van der Waals surface area contributed by atoms with Crippen LogP contribution in [0.1, 0.15) is 56.2 Å². The highest BCUT2D eigenvalue weighted by Crippen LogP contribution is 2.57. The van der Waals surface area contributed by atoms with E-state index in [1.165, 1.54) is 18.4 Å². The Morgan fingerprint density at radius 1 is 1.26 bits per heavy atom. The molecule has 3 heterocycles. The molecule has 0 saturated heterocycles. The Morgan fingerprint density at radius 2 is 2.03 bits per heavy atom. The number of carboxylic acid groups (broad SMARTS) is 1. The van der Waals surface area contributed by atoms with Crippen LogP contribution in [0.3, 0.4) is 0 Å². The summed E-state index contributed by atoms with van der Waals surface area (Å²) in [5.41, 5.74) is 2.36. The van der Waals surface area contributed by atoms with E-state index in [2.05, 4.69) is 24.0 Å². The number of aliphatic carboxylic acids is 1. The van der Waals surface area contributed by atoms with Crippen LogP contribution in [0.5, 0.6) is 11.5 Å². The molecule has 0 aliphatic carbocycles. The van der Waals surface area contributed by atoms with Crippen LogP contribution in [0.25, 0.3) is 0 Å². The molecule has 3 aliphatic heterocycles. The predicted molar refractivity (Wildman–Crippen MR) is 124 cm³/mol. The number of thioether (sulfide) groups is 1. The van der Waals surface area contributed by atoms with Crippen LogP contribution in [-0.4, -0.2) is 54.1 Å². The Kier molecular flexibility index (Phi) is 6.51. The monoisotopic (exact) mass is 444 g/mol. The first-order valence-electron chi connectivity index (χ1n) is 11.2. The smallest absolute Gasteiger partial charge is 0.351 e. The second-order valence-corrected chi connectivity index (χ2v) is 9.56. The standard InChI is InChI=1S/C24H32N2O4S/c1-4-5-6-7-9-24(23-25-10-12-31-23)15-18(22(27)28)26-11-8-16-13-19(29-2)20(30-3)14-17(16)21(24)26/h13-15,21H,4-12H2,1-3H3,(H,27,28). The predicted octanol–water partition coefficient (Wildman–Crippen LogP) is 4.69. The van der Waals surface area contributed by atoms with Crippen molar-refractivity contribution in [3.05, 3.63) is 35.0 Å². The van der Waals surface area contributed by atoms with Gasteiger partial charge in [-0.3, -0.25) is 4.99 Å². The summed E-state index contributed by atoms with van der Waals surface area (Å²) in [6.45, 7) is 3.70. The first kappa shape index (κ1) is 22.1. The summed E-state index contributed by atoms with van der Waals surface area (Å²) in [5, 5.41) is 11.2. The molecular formula is C24H32N2O4S.